The second kappa shape index (κ2) is 42.4. The fourth-order valence-corrected chi connectivity index (χ4v) is 7.86. The van der Waals surface area contributed by atoms with Crippen LogP contribution in [-0.2, 0) is 57.0 Å². The van der Waals surface area contributed by atoms with Gasteiger partial charge in [0.1, 0.15) is 5.84 Å². The van der Waals surface area contributed by atoms with E-state index >= 15 is 0 Å². The average Bonchev–Trinajstić information content (AvgIpc) is 3.02. The number of nitrogens with one attached hydrogen (secondary N) is 3. The van der Waals surface area contributed by atoms with E-state index in [1.165, 1.54) is 0 Å². The number of halogens is 4. The van der Waals surface area contributed by atoms with Gasteiger partial charge < -0.3 is 78.7 Å². The van der Waals surface area contributed by atoms with E-state index in [9.17, 15) is 37.2 Å². The van der Waals surface area contributed by atoms with Crippen molar-refractivity contribution in [2.24, 2.45) is 15.7 Å². The molecular formula is C61H78F4N8O14. The van der Waals surface area contributed by atoms with Gasteiger partial charge in [-0.25, -0.2) is 13.8 Å². The highest BCUT2D eigenvalue weighted by Crippen LogP contribution is 2.30. The van der Waals surface area contributed by atoms with Crippen LogP contribution in [0.1, 0.15) is 54.1 Å². The minimum atomic E-state index is -1.80. The number of carbonyl (C=O) groups is 3. The van der Waals surface area contributed by atoms with Crippen molar-refractivity contribution >= 4 is 52.7 Å². The van der Waals surface area contributed by atoms with Crippen LogP contribution in [0.3, 0.4) is 0 Å². The number of hydrogen-bond acceptors (Lipinski definition) is 18. The molecule has 474 valence electrons. The molecule has 0 aliphatic carbocycles. The number of hydrogen-bond donors (Lipinski definition) is 4. The molecule has 4 aromatic carbocycles. The van der Waals surface area contributed by atoms with E-state index in [2.05, 4.69) is 31.7 Å². The third-order valence-electron chi connectivity index (χ3n) is 12.1. The highest BCUT2D eigenvalue weighted by atomic mass is 19.2. The molecule has 0 radical (unpaired) electrons. The average molecular weight is 1220 g/mol. The van der Waals surface area contributed by atoms with Crippen LogP contribution in [0.2, 0.25) is 0 Å². The number of para-hydroxylation sites is 1. The Morgan fingerprint density at radius 1 is 0.632 bits per heavy atom. The number of nitrogens with zero attached hydrogens (tertiary/aromatic N) is 4. The standard InChI is InChI=1S/C61H78F4N8O14/c1-2-17-73(60(76)48-40-46-12-13-47(41-53(46)72-54(67)42-48)59(75)70-49-9-4-3-5-10-49)18-7-15-68-61(71-50-11-6-8-45(39-50)44-66)69-16-20-78-22-24-80-26-28-82-30-32-84-34-36-86-38-37-85-35-33-83-31-29-81-27-25-79-23-21-77-19-14-55(74)87-58-56(64)51(62)43-52(63)57(58)65/h3-6,8-13,39-41,43H,2,7,14-38,42H2,1H3,(H2,67,72)(H,70,75)(H2,68,69,71). The Balaban J connectivity index is 0.817. The van der Waals surface area contributed by atoms with Gasteiger partial charge in [0.15, 0.2) is 17.6 Å². The van der Waals surface area contributed by atoms with Gasteiger partial charge in [-0.3, -0.25) is 19.4 Å². The number of amidine groups is 1. The van der Waals surface area contributed by atoms with Crippen LogP contribution < -0.4 is 26.4 Å². The van der Waals surface area contributed by atoms with E-state index in [1.54, 1.807) is 59.5 Å². The molecule has 22 nitrogen and oxygen atoms in total. The molecule has 0 saturated carbocycles. The summed E-state index contributed by atoms with van der Waals surface area (Å²) >= 11 is 0. The fourth-order valence-electron chi connectivity index (χ4n) is 7.86. The fraction of sp³-hybridized carbons (Fsp3) is 0.475. The molecule has 0 atom stereocenters. The van der Waals surface area contributed by atoms with Gasteiger partial charge in [0, 0.05) is 66.7 Å². The first-order valence-corrected chi connectivity index (χ1v) is 28.7. The van der Waals surface area contributed by atoms with Crippen molar-refractivity contribution in [3.05, 3.63) is 124 Å². The lowest BCUT2D eigenvalue weighted by Gasteiger charge is -2.23. The lowest BCUT2D eigenvalue weighted by atomic mass is 10.0. The molecule has 0 fully saturated rings. The van der Waals surface area contributed by atoms with Crippen LogP contribution in [0, 0.1) is 34.6 Å². The number of guanidine groups is 1. The maximum Gasteiger partial charge on any atom is 0.313 e. The minimum absolute atomic E-state index is 0.0137. The first-order valence-electron chi connectivity index (χ1n) is 28.7. The monoisotopic (exact) mass is 1220 g/mol. The number of nitrogens with two attached hydrogens (primary N) is 1. The third-order valence-corrected chi connectivity index (χ3v) is 12.1. The molecule has 1 aliphatic heterocycles. The van der Waals surface area contributed by atoms with Crippen LogP contribution in [0.15, 0.2) is 94.4 Å². The second-order valence-corrected chi connectivity index (χ2v) is 18.8. The number of amides is 2. The number of anilines is 2. The van der Waals surface area contributed by atoms with Crippen LogP contribution in [-0.4, -0.2) is 193 Å². The van der Waals surface area contributed by atoms with Crippen LogP contribution in [0.5, 0.6) is 5.75 Å². The molecule has 4 aromatic rings. The van der Waals surface area contributed by atoms with Crippen molar-refractivity contribution < 1.29 is 84.1 Å². The topological polar surface area (TPSA) is 267 Å². The number of carbonyl (C=O) groups excluding carboxylic acids is 3. The molecule has 0 saturated heterocycles. The van der Waals surface area contributed by atoms with Crippen molar-refractivity contribution in [3.63, 3.8) is 0 Å². The Kier molecular flexibility index (Phi) is 34.3. The Morgan fingerprint density at radius 3 is 1.70 bits per heavy atom. The predicted molar refractivity (Wildman–Crippen MR) is 316 cm³/mol. The van der Waals surface area contributed by atoms with Crippen molar-refractivity contribution in [2.75, 3.05) is 169 Å². The number of nitriles is 1. The number of ether oxygens (including phenoxy) is 11. The van der Waals surface area contributed by atoms with Gasteiger partial charge >= 0.3 is 5.97 Å². The van der Waals surface area contributed by atoms with E-state index in [-0.39, 0.29) is 56.6 Å². The van der Waals surface area contributed by atoms with E-state index in [0.717, 1.165) is 6.42 Å². The van der Waals surface area contributed by atoms with Gasteiger partial charge in [0.2, 0.25) is 23.3 Å². The highest BCUT2D eigenvalue weighted by molar-refractivity contribution is 6.08. The van der Waals surface area contributed by atoms with E-state index in [4.69, 9.17) is 58.1 Å². The van der Waals surface area contributed by atoms with Crippen molar-refractivity contribution in [3.8, 4) is 11.8 Å². The van der Waals surface area contributed by atoms with Gasteiger partial charge in [0.05, 0.1) is 156 Å². The summed E-state index contributed by atoms with van der Waals surface area (Å²) in [6, 6.07) is 23.6. The summed E-state index contributed by atoms with van der Waals surface area (Å²) in [5.74, 6) is -9.21. The maximum absolute atomic E-state index is 14.0. The summed E-state index contributed by atoms with van der Waals surface area (Å²) in [5.41, 5.74) is 10.3. The smallest absolute Gasteiger partial charge is 0.313 e. The molecule has 1 heterocycles. The third kappa shape index (κ3) is 28.3. The van der Waals surface area contributed by atoms with E-state index in [1.807, 2.05) is 31.2 Å². The number of benzene rings is 4. The summed E-state index contributed by atoms with van der Waals surface area (Å²) in [6.07, 6.45) is 2.87. The molecule has 87 heavy (non-hydrogen) atoms. The number of fused-ring (bicyclic) bond motifs is 1. The Labute approximate surface area is 504 Å². The summed E-state index contributed by atoms with van der Waals surface area (Å²) in [5, 5.41) is 18.9. The molecule has 5 rings (SSSR count). The maximum atomic E-state index is 14.0. The minimum Gasteiger partial charge on any atom is -0.420 e. The van der Waals surface area contributed by atoms with Crippen molar-refractivity contribution in [2.45, 2.75) is 32.6 Å². The highest BCUT2D eigenvalue weighted by Gasteiger charge is 2.24. The molecule has 2 amide bonds. The van der Waals surface area contributed by atoms with Gasteiger partial charge in [-0.2, -0.15) is 14.0 Å². The van der Waals surface area contributed by atoms with Crippen molar-refractivity contribution in [1.29, 1.82) is 5.26 Å². The van der Waals surface area contributed by atoms with Crippen molar-refractivity contribution in [1.82, 2.24) is 10.2 Å². The van der Waals surface area contributed by atoms with E-state index < -0.39 is 41.4 Å². The Bertz CT molecular complexity index is 2820. The number of rotatable bonds is 44. The summed E-state index contributed by atoms with van der Waals surface area (Å²) in [4.78, 5) is 49.9. The largest absolute Gasteiger partial charge is 0.420 e. The second-order valence-electron chi connectivity index (χ2n) is 18.8. The molecule has 0 aromatic heterocycles. The van der Waals surface area contributed by atoms with Gasteiger partial charge in [0.25, 0.3) is 5.91 Å². The lowest BCUT2D eigenvalue weighted by Crippen LogP contribution is -2.36. The quantitative estimate of drug-likeness (QED) is 0.00661. The van der Waals surface area contributed by atoms with Crippen LogP contribution in [0.4, 0.5) is 34.6 Å². The number of esters is 1. The van der Waals surface area contributed by atoms with Crippen LogP contribution >= 0.6 is 0 Å². The summed E-state index contributed by atoms with van der Waals surface area (Å²) in [6.45, 7) is 10.4. The summed E-state index contributed by atoms with van der Waals surface area (Å²) < 4.78 is 113. The molecule has 5 N–H and O–H groups in total. The molecule has 1 aliphatic rings. The Morgan fingerprint density at radius 2 is 1.16 bits per heavy atom. The predicted octanol–water partition coefficient (Wildman–Crippen LogP) is 6.99. The molecule has 26 heteroatoms. The first kappa shape index (κ1) is 70.3. The zero-order valence-corrected chi connectivity index (χ0v) is 49.0. The Hall–Kier alpha value is -7.42. The van der Waals surface area contributed by atoms with E-state index in [0.29, 0.717) is 184 Å². The van der Waals surface area contributed by atoms with Crippen LogP contribution in [0.25, 0.3) is 6.08 Å². The normalized spacial score (nSPS) is 12.2. The summed E-state index contributed by atoms with van der Waals surface area (Å²) in [7, 11) is 0. The van der Waals surface area contributed by atoms with Gasteiger partial charge in [-0.15, -0.1) is 0 Å². The zero-order chi connectivity index (χ0) is 62.1. The van der Waals surface area contributed by atoms with Gasteiger partial charge in [-0.05, 0) is 61.4 Å². The molecule has 0 spiro atoms. The first-order chi connectivity index (χ1) is 42.4. The molecule has 0 bridgehead atoms. The number of aliphatic imine (C=N–C) groups is 2. The zero-order valence-electron chi connectivity index (χ0n) is 49.0. The SMILES string of the molecule is CCCN(CCC/N=C(/NCCOCCOCCOCCOCCOCCOCCOCCOCCOCCOCCC(=O)Oc1c(F)c(F)cc(F)c1F)Nc1cccc(C#N)c1)C(=O)C1=Cc2ccc(C(=O)Nc3ccccc3)cc2N=C(N)C1. The lowest BCUT2D eigenvalue weighted by molar-refractivity contribution is -0.136. The molecule has 0 unspecified atom stereocenters. The molecular weight excluding hydrogens is 1140 g/mol. The van der Waals surface area contributed by atoms with Gasteiger partial charge in [-0.1, -0.05) is 37.3 Å².